The van der Waals surface area contributed by atoms with Gasteiger partial charge in [-0.05, 0) is 236 Å². The van der Waals surface area contributed by atoms with E-state index in [0.29, 0.717) is 118 Å². The Hall–Kier alpha value is -15.7. The van der Waals surface area contributed by atoms with E-state index in [-0.39, 0.29) is 0 Å². The fraction of sp³-hybridized carbons (Fsp3) is 0.0645. The molecular formula is C93H66ClN15O9S3. The van der Waals surface area contributed by atoms with E-state index in [9.17, 15) is 43.2 Å². The molecule has 12 heterocycles. The Balaban J connectivity index is 0.000000132. The third kappa shape index (κ3) is 19.4. The molecule has 5 amide bonds. The molecule has 0 aliphatic carbocycles. The van der Waals surface area contributed by atoms with Crippen molar-refractivity contribution in [1.29, 1.82) is 15.8 Å². The number of primary amides is 1. The van der Waals surface area contributed by atoms with Crippen molar-refractivity contribution >= 4 is 153 Å². The predicted octanol–water partition coefficient (Wildman–Crippen LogP) is 16.9. The maximum atomic E-state index is 13.1. The van der Waals surface area contributed by atoms with E-state index in [1.807, 2.05) is 196 Å². The number of aryl methyl sites for hydroxylation is 2. The van der Waals surface area contributed by atoms with Crippen molar-refractivity contribution in [2.45, 2.75) is 39.5 Å². The Morgan fingerprint density at radius 3 is 1.28 bits per heavy atom. The molecule has 17 rings (SSSR count). The third-order valence-electron chi connectivity index (χ3n) is 19.2. The summed E-state index contributed by atoms with van der Waals surface area (Å²) in [7, 11) is 0. The number of benzene rings is 5. The van der Waals surface area contributed by atoms with Gasteiger partial charge in [0.05, 0.1) is 84.5 Å². The Kier molecular flexibility index (Phi) is 25.1. The number of Topliss-reactive ketones (excluding diaryl/α,β-unsaturated/α-hetero) is 4. The first-order valence-electron chi connectivity index (χ1n) is 37.3. The number of hydrogen-bond acceptors (Lipinski definition) is 18. The molecule has 0 fully saturated rings. The lowest BCUT2D eigenvalue weighted by Crippen LogP contribution is -2.22. The van der Waals surface area contributed by atoms with Crippen LogP contribution in [0.1, 0.15) is 124 Å². The van der Waals surface area contributed by atoms with Gasteiger partial charge >= 0.3 is 0 Å². The van der Waals surface area contributed by atoms with Crippen molar-refractivity contribution in [2.75, 3.05) is 21.3 Å². The molecule has 24 nitrogen and oxygen atoms in total. The van der Waals surface area contributed by atoms with Crippen LogP contribution in [0.2, 0.25) is 5.02 Å². The van der Waals surface area contributed by atoms with Gasteiger partial charge in [0.15, 0.2) is 0 Å². The van der Waals surface area contributed by atoms with Crippen molar-refractivity contribution in [3.8, 4) is 18.2 Å². The van der Waals surface area contributed by atoms with Gasteiger partial charge in [-0.1, -0.05) is 78.3 Å². The largest absolute Gasteiger partial charge is 0.366 e. The summed E-state index contributed by atoms with van der Waals surface area (Å²) < 4.78 is 15.8. The van der Waals surface area contributed by atoms with Crippen LogP contribution in [0.4, 0.5) is 21.4 Å². The van der Waals surface area contributed by atoms with Crippen molar-refractivity contribution in [2.24, 2.45) is 5.73 Å². The number of nitrogens with zero attached hydrogens (tertiary/aromatic N) is 10. The van der Waals surface area contributed by atoms with Gasteiger partial charge in [0.2, 0.25) is 5.91 Å². The number of hydrogen-bond donors (Lipinski definition) is 5. The lowest BCUT2D eigenvalue weighted by atomic mass is 10.1. The van der Waals surface area contributed by atoms with Gasteiger partial charge in [-0.15, -0.1) is 11.3 Å². The van der Waals surface area contributed by atoms with Crippen LogP contribution < -0.4 is 27.0 Å². The van der Waals surface area contributed by atoms with E-state index in [2.05, 4.69) is 53.2 Å². The number of nitriles is 3. The highest BCUT2D eigenvalue weighted by atomic mass is 35.5. The minimum atomic E-state index is -0.780. The second-order valence-corrected chi connectivity index (χ2v) is 30.7. The first-order valence-corrected chi connectivity index (χ1v) is 40.0. The molecule has 17 aromatic rings. The number of carbonyl (C=O) groups excluding carboxylic acids is 9. The van der Waals surface area contributed by atoms with Gasteiger partial charge in [-0.3, -0.25) is 48.1 Å². The Labute approximate surface area is 707 Å². The summed E-state index contributed by atoms with van der Waals surface area (Å²) in [5, 5.41) is 40.3. The van der Waals surface area contributed by atoms with Gasteiger partial charge in [-0.25, -0.2) is 0 Å². The second kappa shape index (κ2) is 37.1. The van der Waals surface area contributed by atoms with E-state index in [1.54, 1.807) is 91.1 Å². The number of nitrogens with one attached hydrogen (secondary N) is 4. The van der Waals surface area contributed by atoms with Gasteiger partial charge in [0.1, 0.15) is 20.9 Å². The third-order valence-corrected chi connectivity index (χ3v) is 22.0. The number of ketones is 4. The highest BCUT2D eigenvalue weighted by Gasteiger charge is 2.28. The maximum Gasteiger partial charge on any atom is 0.297 e. The molecule has 12 aromatic heterocycles. The van der Waals surface area contributed by atoms with Crippen LogP contribution >= 0.6 is 46.0 Å². The fourth-order valence-corrected chi connectivity index (χ4v) is 15.7. The monoisotopic (exact) mass is 1670 g/mol. The molecular weight excluding hydrogens is 1600 g/mol. The van der Waals surface area contributed by atoms with Crippen LogP contribution in [0.15, 0.2) is 280 Å². The van der Waals surface area contributed by atoms with Crippen LogP contribution in [0.25, 0.3) is 33.0 Å². The number of fused-ring (bicyclic) bond motifs is 5. The summed E-state index contributed by atoms with van der Waals surface area (Å²) in [6, 6.07) is 79.8. The minimum absolute atomic E-state index is 0.292. The number of carbonyl (C=O) groups is 9. The summed E-state index contributed by atoms with van der Waals surface area (Å²) in [5.41, 5.74) is 20.5. The maximum absolute atomic E-state index is 13.1. The molecule has 0 aliphatic heterocycles. The van der Waals surface area contributed by atoms with Crippen LogP contribution in [-0.4, -0.2) is 84.0 Å². The van der Waals surface area contributed by atoms with E-state index < -0.39 is 52.7 Å². The first-order chi connectivity index (χ1) is 58.6. The average Bonchev–Trinajstić information content (AvgIpc) is 1.65. The smallest absolute Gasteiger partial charge is 0.297 e. The Morgan fingerprint density at radius 2 is 0.843 bits per heavy atom. The number of halogens is 1. The zero-order valence-corrected chi connectivity index (χ0v) is 67.4. The molecule has 0 saturated heterocycles. The zero-order chi connectivity index (χ0) is 84.8. The normalized spacial score (nSPS) is 10.7. The molecule has 0 saturated carbocycles. The number of thiophene rings is 1. The molecule has 121 heavy (non-hydrogen) atoms. The summed E-state index contributed by atoms with van der Waals surface area (Å²) in [5.74, 6) is -5.85. The van der Waals surface area contributed by atoms with Crippen LogP contribution in [0.3, 0.4) is 0 Å². The van der Waals surface area contributed by atoms with E-state index in [0.717, 1.165) is 89.7 Å². The Morgan fingerprint density at radius 1 is 0.405 bits per heavy atom. The molecule has 592 valence electrons. The van der Waals surface area contributed by atoms with Crippen LogP contribution in [0, 0.1) is 47.8 Å². The number of rotatable bonds is 21. The van der Waals surface area contributed by atoms with Gasteiger partial charge in [0, 0.05) is 112 Å². The summed E-state index contributed by atoms with van der Waals surface area (Å²) >= 11 is 9.69. The molecule has 28 heteroatoms. The van der Waals surface area contributed by atoms with E-state index >= 15 is 0 Å². The number of pyridine rings is 5. The van der Waals surface area contributed by atoms with Gasteiger partial charge < -0.3 is 44.6 Å². The minimum Gasteiger partial charge on any atom is -0.366 e. The molecule has 5 aromatic carbocycles. The van der Waals surface area contributed by atoms with Crippen LogP contribution in [-0.2, 0) is 44.9 Å². The standard InChI is InChI=1S/C26H18ClN3O2.C25H18N4O3.C22H16N4O2S.C20H14N4O2S2/c27-19-8-6-17(7-9-19)14-21-16-22(24-5-1-2-13-30(21)24)25(31)26(32)29-20-10-11-23-18(15-20)4-3-12-28-23;26-15-17-6-4-16(5-7-17)13-20-14-21(22-3-1-2-12-29(20)22)23(30)25(32)28-19-10-8-18(9-11-19)24(27)31;1-14-9-20(29-25-14)24-22(28)21(27)18-12-17(26-8-3-2-7-19(18)26)11-15-5-4-6-16(10-15)13-23;1-12-8-18(28-23-12)22-20(26)19(25)16-10-13(24-7-3-2-4-17(16)24)9-14-5-6-15(11-21)27-14/h1-13,15-16H,14H2,(H,29,32);1-12,14H,13H2,(H2,27,31)(H,28,32);2-10,12H,11H2,1H3,(H,24,28);2-8,10H,9H2,1H3,(H,22,26). The molecule has 0 bridgehead atoms. The average molecular weight is 1670 g/mol. The van der Waals surface area contributed by atoms with Crippen molar-refractivity contribution in [3.63, 3.8) is 0 Å². The molecule has 0 atom stereocenters. The lowest BCUT2D eigenvalue weighted by molar-refractivity contribution is -0.113. The summed E-state index contributed by atoms with van der Waals surface area (Å²) in [6.45, 7) is 3.65. The SMILES string of the molecule is Cc1cc(NC(=O)C(=O)c2cc(Cc3ccc(C#N)s3)n3ccccc23)sn1.Cc1cc(NC(=O)C(=O)c2cc(Cc3cccc(C#N)c3)n3ccccc23)sn1.N#Cc1ccc(Cc2cc(C(=O)C(=O)Nc3ccc(C(N)=O)cc3)c3ccccn23)cc1.O=C(Nc1ccc2ncccc2c1)C(=O)c1cc(Cc2ccc(Cl)cc2)n2ccccc12. The highest BCUT2D eigenvalue weighted by molar-refractivity contribution is 7.12. The number of aromatic nitrogens is 7. The zero-order valence-electron chi connectivity index (χ0n) is 64.2. The van der Waals surface area contributed by atoms with Crippen molar-refractivity contribution in [1.82, 2.24) is 31.3 Å². The van der Waals surface area contributed by atoms with E-state index in [1.165, 1.54) is 35.6 Å². The second-order valence-electron chi connectivity index (χ2n) is 27.5. The van der Waals surface area contributed by atoms with Gasteiger partial charge in [-0.2, -0.15) is 24.5 Å². The number of amides is 5. The summed E-state index contributed by atoms with van der Waals surface area (Å²) in [4.78, 5) is 119. The molecule has 6 N–H and O–H groups in total. The highest BCUT2D eigenvalue weighted by Crippen LogP contribution is 2.30. The fourth-order valence-electron chi connectivity index (χ4n) is 13.5. The molecule has 0 radical (unpaired) electrons. The lowest BCUT2D eigenvalue weighted by Gasteiger charge is -2.05. The van der Waals surface area contributed by atoms with Crippen LogP contribution in [0.5, 0.6) is 0 Å². The number of anilines is 4. The molecule has 0 spiro atoms. The molecule has 0 unspecified atom stereocenters. The first kappa shape index (κ1) is 81.9. The number of nitrogens with two attached hydrogens (primary N) is 1. The molecule has 0 aliphatic rings. The topological polar surface area (TPSA) is 355 Å². The van der Waals surface area contributed by atoms with E-state index in [4.69, 9.17) is 33.1 Å². The summed E-state index contributed by atoms with van der Waals surface area (Å²) in [6.07, 6.45) is 11.4. The Bertz CT molecular complexity index is 7050. The van der Waals surface area contributed by atoms with Crippen molar-refractivity contribution in [3.05, 3.63) is 384 Å². The van der Waals surface area contributed by atoms with Gasteiger partial charge in [0.25, 0.3) is 46.8 Å². The quantitative estimate of drug-likeness (QED) is 0.0330. The predicted molar refractivity (Wildman–Crippen MR) is 466 cm³/mol. The van der Waals surface area contributed by atoms with Crippen molar-refractivity contribution < 1.29 is 43.2 Å².